The Bertz CT molecular complexity index is 647. The van der Waals surface area contributed by atoms with Gasteiger partial charge in [0.1, 0.15) is 10.8 Å². The van der Waals surface area contributed by atoms with Crippen molar-refractivity contribution in [2.75, 3.05) is 0 Å². The van der Waals surface area contributed by atoms with E-state index in [1.165, 1.54) is 6.07 Å². The highest BCUT2D eigenvalue weighted by atomic mass is 32.1. The molecule has 1 aromatic carbocycles. The van der Waals surface area contributed by atoms with E-state index in [0.717, 1.165) is 6.07 Å². The van der Waals surface area contributed by atoms with Crippen LogP contribution in [0.2, 0.25) is 0 Å². The fourth-order valence-electron chi connectivity index (χ4n) is 1.96. The summed E-state index contributed by atoms with van der Waals surface area (Å²) in [5, 5.41) is 0. The highest BCUT2D eigenvalue weighted by molar-refractivity contribution is 7.80. The number of benzene rings is 1. The zero-order valence-corrected chi connectivity index (χ0v) is 11.4. The molecule has 2 aromatic rings. The normalized spacial score (nSPS) is 11.6. The summed E-state index contributed by atoms with van der Waals surface area (Å²) in [6, 6.07) is 3.87. The molecule has 0 aliphatic heterocycles. The van der Waals surface area contributed by atoms with E-state index in [4.69, 9.17) is 5.73 Å². The van der Waals surface area contributed by atoms with Crippen molar-refractivity contribution in [1.82, 2.24) is 9.55 Å². The summed E-state index contributed by atoms with van der Waals surface area (Å²) in [6.07, 6.45) is -0.727. The highest BCUT2D eigenvalue weighted by Crippen LogP contribution is 2.33. The van der Waals surface area contributed by atoms with Crippen molar-refractivity contribution in [3.05, 3.63) is 47.5 Å². The van der Waals surface area contributed by atoms with E-state index in [1.54, 1.807) is 23.0 Å². The monoisotopic (exact) mass is 299 g/mol. The minimum atomic E-state index is -4.51. The molecule has 0 saturated carbocycles. The van der Waals surface area contributed by atoms with Gasteiger partial charge in [0.05, 0.1) is 5.56 Å². The maximum atomic E-state index is 13.1. The van der Waals surface area contributed by atoms with E-state index >= 15 is 0 Å². The number of hydrogen-bond donors (Lipinski definition) is 1. The summed E-state index contributed by atoms with van der Waals surface area (Å²) in [5.74, 6) is 0.682. The Morgan fingerprint density at radius 3 is 2.65 bits per heavy atom. The fourth-order valence-corrected chi connectivity index (χ4v) is 2.14. The largest absolute Gasteiger partial charge is 0.417 e. The first-order chi connectivity index (χ1) is 9.34. The Balaban J connectivity index is 2.61. The number of imidazole rings is 1. The molecule has 0 amide bonds. The van der Waals surface area contributed by atoms with Crippen molar-refractivity contribution in [1.29, 1.82) is 0 Å². The van der Waals surface area contributed by atoms with E-state index in [2.05, 4.69) is 17.2 Å². The van der Waals surface area contributed by atoms with Gasteiger partial charge in [0.2, 0.25) is 0 Å². The molecule has 0 aliphatic carbocycles. The number of aryl methyl sites for hydroxylation is 1. The third-order valence-electron chi connectivity index (χ3n) is 2.89. The lowest BCUT2D eigenvalue weighted by molar-refractivity contribution is -0.137. The molecular formula is C13H12F3N3S. The van der Waals surface area contributed by atoms with Crippen molar-refractivity contribution >= 4 is 17.2 Å². The van der Waals surface area contributed by atoms with Crippen LogP contribution in [-0.4, -0.2) is 14.5 Å². The number of rotatable bonds is 3. The van der Waals surface area contributed by atoms with E-state index in [-0.39, 0.29) is 10.6 Å². The minimum absolute atomic E-state index is 0.172. The van der Waals surface area contributed by atoms with Gasteiger partial charge in [-0.25, -0.2) is 4.98 Å². The number of thiocarbonyl (C=S) groups is 1. The summed E-state index contributed by atoms with van der Waals surface area (Å²) in [6.45, 7) is 1.88. The van der Waals surface area contributed by atoms with Crippen LogP contribution in [0.15, 0.2) is 30.6 Å². The van der Waals surface area contributed by atoms with Crippen LogP contribution in [0.25, 0.3) is 5.69 Å². The molecule has 3 nitrogen and oxygen atoms in total. The quantitative estimate of drug-likeness (QED) is 0.886. The van der Waals surface area contributed by atoms with Gasteiger partial charge in [0, 0.05) is 30.1 Å². The van der Waals surface area contributed by atoms with Crippen molar-refractivity contribution < 1.29 is 13.2 Å². The molecule has 0 bridgehead atoms. The number of halogens is 3. The van der Waals surface area contributed by atoms with Crippen LogP contribution in [0.4, 0.5) is 13.2 Å². The lowest BCUT2D eigenvalue weighted by Crippen LogP contribution is -2.18. The second kappa shape index (κ2) is 5.24. The molecule has 0 radical (unpaired) electrons. The van der Waals surface area contributed by atoms with Crippen LogP contribution in [-0.2, 0) is 12.6 Å². The molecule has 0 unspecified atom stereocenters. The zero-order valence-electron chi connectivity index (χ0n) is 10.6. The molecule has 0 fully saturated rings. The first-order valence-electron chi connectivity index (χ1n) is 5.88. The average molecular weight is 299 g/mol. The van der Waals surface area contributed by atoms with E-state index < -0.39 is 11.7 Å². The molecule has 106 valence electrons. The first kappa shape index (κ1) is 14.5. The Labute approximate surface area is 119 Å². The van der Waals surface area contributed by atoms with Gasteiger partial charge in [-0.1, -0.05) is 19.1 Å². The zero-order chi connectivity index (χ0) is 14.9. The van der Waals surface area contributed by atoms with Gasteiger partial charge in [-0.3, -0.25) is 0 Å². The third-order valence-corrected chi connectivity index (χ3v) is 3.11. The number of nitrogens with two attached hydrogens (primary N) is 1. The van der Waals surface area contributed by atoms with Gasteiger partial charge in [0.25, 0.3) is 0 Å². The second-order valence-electron chi connectivity index (χ2n) is 4.16. The van der Waals surface area contributed by atoms with Crippen molar-refractivity contribution in [3.63, 3.8) is 0 Å². The molecule has 1 aromatic heterocycles. The number of aromatic nitrogens is 2. The highest BCUT2D eigenvalue weighted by Gasteiger charge is 2.34. The van der Waals surface area contributed by atoms with Crippen LogP contribution in [0.5, 0.6) is 0 Å². The maximum Gasteiger partial charge on any atom is 0.417 e. The van der Waals surface area contributed by atoms with Gasteiger partial charge >= 0.3 is 6.18 Å². The van der Waals surface area contributed by atoms with Crippen LogP contribution < -0.4 is 5.73 Å². The number of alkyl halides is 3. The summed E-state index contributed by atoms with van der Waals surface area (Å²) in [4.78, 5) is 3.82. The predicted octanol–water partition coefficient (Wildman–Crippen LogP) is 3.09. The molecule has 0 spiro atoms. The van der Waals surface area contributed by atoms with E-state index in [9.17, 15) is 13.2 Å². The maximum absolute atomic E-state index is 13.1. The summed E-state index contributed by atoms with van der Waals surface area (Å²) in [5.41, 5.74) is 4.72. The Morgan fingerprint density at radius 2 is 2.10 bits per heavy atom. The molecule has 1 heterocycles. The molecule has 0 saturated heterocycles. The number of hydrogen-bond acceptors (Lipinski definition) is 2. The van der Waals surface area contributed by atoms with Gasteiger partial charge in [-0.05, 0) is 18.2 Å². The Hall–Kier alpha value is -1.89. The van der Waals surface area contributed by atoms with E-state index in [0.29, 0.717) is 17.9 Å². The van der Waals surface area contributed by atoms with Gasteiger partial charge in [0.15, 0.2) is 0 Å². The van der Waals surface area contributed by atoms with Crippen LogP contribution in [0.3, 0.4) is 0 Å². The Morgan fingerprint density at radius 1 is 1.40 bits per heavy atom. The summed E-state index contributed by atoms with van der Waals surface area (Å²) in [7, 11) is 0. The molecule has 2 N–H and O–H groups in total. The standard InChI is InChI=1S/C13H12F3N3S/c1-2-11-18-5-6-19(11)8-3-4-9(12(17)20)10(7-8)13(14,15)16/h3-7H,2H2,1H3,(H2,17,20). The SMILES string of the molecule is CCc1nccn1-c1ccc(C(N)=S)c(C(F)(F)F)c1. The van der Waals surface area contributed by atoms with Gasteiger partial charge in [-0.15, -0.1) is 0 Å². The first-order valence-corrected chi connectivity index (χ1v) is 6.29. The van der Waals surface area contributed by atoms with Crippen molar-refractivity contribution in [3.8, 4) is 5.69 Å². The molecule has 7 heteroatoms. The van der Waals surface area contributed by atoms with Crippen LogP contribution >= 0.6 is 12.2 Å². The van der Waals surface area contributed by atoms with Gasteiger partial charge in [-0.2, -0.15) is 13.2 Å². The second-order valence-corrected chi connectivity index (χ2v) is 4.60. The molecule has 2 rings (SSSR count). The fraction of sp³-hybridized carbons (Fsp3) is 0.231. The number of nitrogens with zero attached hydrogens (tertiary/aromatic N) is 2. The summed E-state index contributed by atoms with van der Waals surface area (Å²) >= 11 is 4.67. The van der Waals surface area contributed by atoms with E-state index in [1.807, 2.05) is 6.92 Å². The predicted molar refractivity (Wildman–Crippen MR) is 73.8 cm³/mol. The van der Waals surface area contributed by atoms with Crippen LogP contribution in [0, 0.1) is 0 Å². The van der Waals surface area contributed by atoms with Gasteiger partial charge < -0.3 is 10.3 Å². The lowest BCUT2D eigenvalue weighted by atomic mass is 10.1. The lowest BCUT2D eigenvalue weighted by Gasteiger charge is -2.15. The molecule has 0 atom stereocenters. The molecular weight excluding hydrogens is 287 g/mol. The third kappa shape index (κ3) is 2.67. The smallest absolute Gasteiger partial charge is 0.389 e. The van der Waals surface area contributed by atoms with Crippen LogP contribution in [0.1, 0.15) is 23.9 Å². The topological polar surface area (TPSA) is 43.8 Å². The average Bonchev–Trinajstić information content (AvgIpc) is 2.85. The van der Waals surface area contributed by atoms with Crippen molar-refractivity contribution in [2.45, 2.75) is 19.5 Å². The summed E-state index contributed by atoms with van der Waals surface area (Å²) < 4.78 is 40.8. The Kier molecular flexibility index (Phi) is 3.80. The minimum Gasteiger partial charge on any atom is -0.389 e. The molecule has 20 heavy (non-hydrogen) atoms. The molecule has 0 aliphatic rings. The van der Waals surface area contributed by atoms with Crippen molar-refractivity contribution in [2.24, 2.45) is 5.73 Å².